The first-order valence-electron chi connectivity index (χ1n) is 10.5. The van der Waals surface area contributed by atoms with Gasteiger partial charge in [0, 0.05) is 43.7 Å². The van der Waals surface area contributed by atoms with Crippen LogP contribution in [0.3, 0.4) is 0 Å². The van der Waals surface area contributed by atoms with Crippen LogP contribution in [0.5, 0.6) is 5.75 Å². The predicted molar refractivity (Wildman–Crippen MR) is 117 cm³/mol. The number of nitrogens with zero attached hydrogens (tertiary/aromatic N) is 4. The molecule has 2 N–H and O–H groups in total. The van der Waals surface area contributed by atoms with Gasteiger partial charge >= 0.3 is 0 Å². The molecule has 1 atom stereocenters. The van der Waals surface area contributed by atoms with Crippen LogP contribution in [0.15, 0.2) is 18.3 Å². The van der Waals surface area contributed by atoms with Crippen LogP contribution < -0.4 is 15.0 Å². The van der Waals surface area contributed by atoms with Crippen LogP contribution in [-0.2, 0) is 22.4 Å². The molecule has 2 aromatic heterocycles. The minimum absolute atomic E-state index is 0.0486. The van der Waals surface area contributed by atoms with Gasteiger partial charge in [-0.15, -0.1) is 0 Å². The quantitative estimate of drug-likeness (QED) is 0.583. The molecule has 0 aromatic carbocycles. The summed E-state index contributed by atoms with van der Waals surface area (Å²) in [5.74, 6) is 1.78. The Balaban J connectivity index is 1.83. The first kappa shape index (κ1) is 22.9. The highest BCUT2D eigenvalue weighted by molar-refractivity contribution is 5.81. The number of likely N-dealkylation sites (N-methyl/N-ethyl adjacent to an activating group) is 1. The summed E-state index contributed by atoms with van der Waals surface area (Å²) in [6.07, 6.45) is 3.71. The number of hydrogen-bond acceptors (Lipinski definition) is 8. The molecule has 0 aliphatic heterocycles. The van der Waals surface area contributed by atoms with E-state index >= 15 is 0 Å². The van der Waals surface area contributed by atoms with E-state index < -0.39 is 6.10 Å². The molecule has 0 radical (unpaired) electrons. The number of rotatable bonds is 10. The Labute approximate surface area is 182 Å². The second-order valence-corrected chi connectivity index (χ2v) is 8.02. The third-order valence-corrected chi connectivity index (χ3v) is 4.87. The lowest BCUT2D eigenvalue weighted by molar-refractivity contribution is -0.120. The fraction of sp³-hybridized carbons (Fsp3) is 0.545. The van der Waals surface area contributed by atoms with Crippen LogP contribution in [0.25, 0.3) is 11.5 Å². The number of hydrogen-bond donors (Lipinski definition) is 2. The lowest BCUT2D eigenvalue weighted by atomic mass is 10.2. The summed E-state index contributed by atoms with van der Waals surface area (Å²) < 4.78 is 10.6. The van der Waals surface area contributed by atoms with Gasteiger partial charge in [0.2, 0.25) is 5.91 Å². The summed E-state index contributed by atoms with van der Waals surface area (Å²) in [5, 5.41) is 12.7. The van der Waals surface area contributed by atoms with Crippen LogP contribution in [0, 0.1) is 0 Å². The van der Waals surface area contributed by atoms with Gasteiger partial charge in [0.05, 0.1) is 13.2 Å². The lowest BCUT2D eigenvalue weighted by Crippen LogP contribution is -2.39. The molecule has 0 unspecified atom stereocenters. The van der Waals surface area contributed by atoms with Crippen molar-refractivity contribution in [3.05, 3.63) is 29.6 Å². The fourth-order valence-electron chi connectivity index (χ4n) is 3.56. The van der Waals surface area contributed by atoms with Crippen molar-refractivity contribution in [2.45, 2.75) is 45.3 Å². The van der Waals surface area contributed by atoms with Gasteiger partial charge in [-0.3, -0.25) is 9.78 Å². The molecule has 9 nitrogen and oxygen atoms in total. The molecule has 2 aromatic rings. The Morgan fingerprint density at radius 3 is 2.84 bits per heavy atom. The predicted octanol–water partition coefficient (Wildman–Crippen LogP) is 1.37. The number of nitrogens with one attached hydrogen (secondary N) is 1. The third-order valence-electron chi connectivity index (χ3n) is 4.87. The molecule has 1 amide bonds. The second-order valence-electron chi connectivity index (χ2n) is 8.02. The Bertz CT molecular complexity index is 905. The van der Waals surface area contributed by atoms with E-state index in [0.29, 0.717) is 17.3 Å². The average Bonchev–Trinajstić information content (AvgIpc) is 3.20. The number of methoxy groups -OCH3 is 1. The number of carbonyl (C=O) groups is 1. The molecule has 1 aliphatic carbocycles. The summed E-state index contributed by atoms with van der Waals surface area (Å²) in [7, 11) is 3.40. The molecule has 9 heteroatoms. The monoisotopic (exact) mass is 429 g/mol. The number of carbonyl (C=O) groups excluding carboxylic acids is 1. The van der Waals surface area contributed by atoms with E-state index in [-0.39, 0.29) is 31.7 Å². The number of aromatic nitrogens is 3. The van der Waals surface area contributed by atoms with Gasteiger partial charge in [-0.05, 0) is 39.2 Å². The largest absolute Gasteiger partial charge is 0.491 e. The summed E-state index contributed by atoms with van der Waals surface area (Å²) in [4.78, 5) is 28.0. The molecule has 0 saturated carbocycles. The molecule has 0 bridgehead atoms. The molecule has 3 rings (SSSR count). The second kappa shape index (κ2) is 10.5. The van der Waals surface area contributed by atoms with Crippen molar-refractivity contribution in [2.75, 3.05) is 38.8 Å². The SMILES string of the molecule is COC[C@@H](O)COc1ccnc(-c2nc3c(c(N(C)CC(=O)NC(C)C)n2)CCC3)c1. The maximum atomic E-state index is 12.3. The van der Waals surface area contributed by atoms with Crippen LogP contribution in [0.2, 0.25) is 0 Å². The van der Waals surface area contributed by atoms with E-state index in [1.807, 2.05) is 25.8 Å². The van der Waals surface area contributed by atoms with E-state index in [4.69, 9.17) is 19.4 Å². The molecule has 31 heavy (non-hydrogen) atoms. The van der Waals surface area contributed by atoms with E-state index in [0.717, 1.165) is 36.3 Å². The first-order valence-corrected chi connectivity index (χ1v) is 10.5. The van der Waals surface area contributed by atoms with Crippen molar-refractivity contribution in [2.24, 2.45) is 0 Å². The van der Waals surface area contributed by atoms with Gasteiger partial charge in [0.1, 0.15) is 30.0 Å². The van der Waals surface area contributed by atoms with Crippen molar-refractivity contribution in [3.8, 4) is 17.3 Å². The summed E-state index contributed by atoms with van der Waals surface area (Å²) in [5.41, 5.74) is 2.67. The Hall–Kier alpha value is -2.78. The number of pyridine rings is 1. The lowest BCUT2D eigenvalue weighted by Gasteiger charge is -2.22. The average molecular weight is 430 g/mol. The zero-order chi connectivity index (χ0) is 22.4. The molecule has 0 fully saturated rings. The number of fused-ring (bicyclic) bond motifs is 1. The number of aliphatic hydroxyl groups is 1. The summed E-state index contributed by atoms with van der Waals surface area (Å²) in [6, 6.07) is 3.56. The molecule has 0 saturated heterocycles. The van der Waals surface area contributed by atoms with Crippen molar-refractivity contribution in [3.63, 3.8) is 0 Å². The standard InChI is InChI=1S/C22H31N5O4/c1-14(2)24-20(29)11-27(3)22-17-6-5-7-18(17)25-21(26-22)19-10-16(8-9-23-19)31-13-15(28)12-30-4/h8-10,14-15,28H,5-7,11-13H2,1-4H3,(H,24,29)/t15-/m1/s1. The maximum Gasteiger partial charge on any atom is 0.239 e. The highest BCUT2D eigenvalue weighted by Crippen LogP contribution is 2.31. The van der Waals surface area contributed by atoms with Gasteiger partial charge in [-0.1, -0.05) is 0 Å². The van der Waals surface area contributed by atoms with Crippen molar-refractivity contribution >= 4 is 11.7 Å². The summed E-state index contributed by atoms with van der Waals surface area (Å²) >= 11 is 0. The van der Waals surface area contributed by atoms with Crippen molar-refractivity contribution in [1.29, 1.82) is 0 Å². The number of amides is 1. The van der Waals surface area contributed by atoms with Gasteiger partial charge in [0.15, 0.2) is 5.82 Å². The number of anilines is 1. The highest BCUT2D eigenvalue weighted by atomic mass is 16.5. The Kier molecular flexibility index (Phi) is 7.75. The van der Waals surface area contributed by atoms with E-state index in [1.54, 1.807) is 18.3 Å². The van der Waals surface area contributed by atoms with Gasteiger partial charge in [0.25, 0.3) is 0 Å². The molecular weight excluding hydrogens is 398 g/mol. The Morgan fingerprint density at radius 2 is 2.10 bits per heavy atom. The fourth-order valence-corrected chi connectivity index (χ4v) is 3.56. The first-order chi connectivity index (χ1) is 14.9. The molecule has 0 spiro atoms. The van der Waals surface area contributed by atoms with Crippen molar-refractivity contribution < 1.29 is 19.4 Å². The zero-order valence-corrected chi connectivity index (χ0v) is 18.6. The minimum atomic E-state index is -0.713. The maximum absolute atomic E-state index is 12.3. The van der Waals surface area contributed by atoms with Gasteiger partial charge < -0.3 is 24.8 Å². The normalized spacial score (nSPS) is 13.7. The summed E-state index contributed by atoms with van der Waals surface area (Å²) in [6.45, 7) is 4.41. The van der Waals surface area contributed by atoms with E-state index in [1.165, 1.54) is 7.11 Å². The third kappa shape index (κ3) is 6.11. The minimum Gasteiger partial charge on any atom is -0.491 e. The van der Waals surface area contributed by atoms with Crippen molar-refractivity contribution in [1.82, 2.24) is 20.3 Å². The van der Waals surface area contributed by atoms with E-state index in [9.17, 15) is 9.90 Å². The molecule has 2 heterocycles. The van der Waals surface area contributed by atoms with Crippen LogP contribution >= 0.6 is 0 Å². The number of ether oxygens (including phenoxy) is 2. The van der Waals surface area contributed by atoms with Crippen LogP contribution in [-0.4, -0.2) is 72.0 Å². The zero-order valence-electron chi connectivity index (χ0n) is 18.6. The topological polar surface area (TPSA) is 110 Å². The smallest absolute Gasteiger partial charge is 0.239 e. The number of aryl methyl sites for hydroxylation is 1. The number of aliphatic hydroxyl groups excluding tert-OH is 1. The van der Waals surface area contributed by atoms with Crippen LogP contribution in [0.1, 0.15) is 31.5 Å². The van der Waals surface area contributed by atoms with E-state index in [2.05, 4.69) is 10.3 Å². The van der Waals surface area contributed by atoms with Gasteiger partial charge in [-0.25, -0.2) is 9.97 Å². The Morgan fingerprint density at radius 1 is 1.29 bits per heavy atom. The molecule has 168 valence electrons. The molecular formula is C22H31N5O4. The molecule has 1 aliphatic rings. The van der Waals surface area contributed by atoms with Crippen LogP contribution in [0.4, 0.5) is 5.82 Å². The van der Waals surface area contributed by atoms with Gasteiger partial charge in [-0.2, -0.15) is 0 Å². The highest BCUT2D eigenvalue weighted by Gasteiger charge is 2.23.